The summed E-state index contributed by atoms with van der Waals surface area (Å²) in [5.74, 6) is 0.129. The molecule has 0 bridgehead atoms. The Bertz CT molecular complexity index is 607. The molecule has 3 aliphatic heterocycles. The lowest BCUT2D eigenvalue weighted by Gasteiger charge is -2.46. The van der Waals surface area contributed by atoms with E-state index in [4.69, 9.17) is 4.74 Å². The summed E-state index contributed by atoms with van der Waals surface area (Å²) in [6.07, 6.45) is 4.52. The minimum Gasteiger partial charge on any atom is -0.381 e. The molecule has 0 saturated carbocycles. The largest absolute Gasteiger partial charge is 0.381 e. The molecule has 3 fully saturated rings. The third kappa shape index (κ3) is 2.90. The number of hydrogen-bond acceptors (Lipinski definition) is 3. The maximum Gasteiger partial charge on any atom is 0.222 e. The number of benzene rings is 1. The topological polar surface area (TPSA) is 32.8 Å². The molecular weight excluding hydrogens is 307 g/mol. The van der Waals surface area contributed by atoms with Crippen molar-refractivity contribution in [3.63, 3.8) is 0 Å². The normalized spacial score (nSPS) is 28.8. The van der Waals surface area contributed by atoms with E-state index in [1.807, 2.05) is 12.1 Å². The lowest BCUT2D eigenvalue weighted by molar-refractivity contribution is -0.141. The average Bonchev–Trinajstić information content (AvgIpc) is 3.06. The summed E-state index contributed by atoms with van der Waals surface area (Å²) in [5.41, 5.74) is 0.873. The second-order valence-corrected chi connectivity index (χ2v) is 7.49. The number of para-hydroxylation sites is 1. The van der Waals surface area contributed by atoms with Crippen LogP contribution in [0, 0.1) is 11.2 Å². The van der Waals surface area contributed by atoms with Crippen molar-refractivity contribution in [3.05, 3.63) is 30.1 Å². The van der Waals surface area contributed by atoms with Crippen molar-refractivity contribution in [2.75, 3.05) is 37.7 Å². The smallest absolute Gasteiger partial charge is 0.222 e. The predicted molar refractivity (Wildman–Crippen MR) is 90.5 cm³/mol. The van der Waals surface area contributed by atoms with E-state index >= 15 is 0 Å². The number of anilines is 1. The van der Waals surface area contributed by atoms with Crippen LogP contribution in [-0.4, -0.2) is 49.7 Å². The molecule has 1 aromatic carbocycles. The molecule has 130 valence electrons. The van der Waals surface area contributed by atoms with E-state index in [1.54, 1.807) is 6.07 Å². The highest BCUT2D eigenvalue weighted by Crippen LogP contribution is 2.39. The summed E-state index contributed by atoms with van der Waals surface area (Å²) < 4.78 is 19.6. The number of carbonyl (C=O) groups is 1. The molecule has 4 rings (SSSR count). The van der Waals surface area contributed by atoms with E-state index in [9.17, 15) is 9.18 Å². The molecule has 5 heteroatoms. The summed E-state index contributed by atoms with van der Waals surface area (Å²) in [6.45, 7) is 4.08. The van der Waals surface area contributed by atoms with Crippen molar-refractivity contribution >= 4 is 11.6 Å². The Kier molecular flexibility index (Phi) is 4.21. The first kappa shape index (κ1) is 15.9. The van der Waals surface area contributed by atoms with Gasteiger partial charge in [0.1, 0.15) is 5.82 Å². The average molecular weight is 332 g/mol. The van der Waals surface area contributed by atoms with Gasteiger partial charge in [-0.05, 0) is 37.8 Å². The lowest BCUT2D eigenvalue weighted by Crippen LogP contribution is -2.54. The van der Waals surface area contributed by atoms with Crippen LogP contribution in [0.25, 0.3) is 0 Å². The van der Waals surface area contributed by atoms with Crippen LogP contribution in [0.5, 0.6) is 0 Å². The van der Waals surface area contributed by atoms with Crippen LogP contribution in [0.1, 0.15) is 32.1 Å². The van der Waals surface area contributed by atoms with Crippen LogP contribution in [0.4, 0.5) is 10.1 Å². The third-order valence-corrected chi connectivity index (χ3v) is 5.98. The van der Waals surface area contributed by atoms with Gasteiger partial charge >= 0.3 is 0 Å². The van der Waals surface area contributed by atoms with Gasteiger partial charge < -0.3 is 14.5 Å². The number of piperidine rings is 2. The van der Waals surface area contributed by atoms with E-state index < -0.39 is 0 Å². The molecule has 1 atom stereocenters. The Balaban J connectivity index is 1.41. The number of halogens is 1. The number of carbonyl (C=O) groups excluding carboxylic acids is 1. The number of amides is 1. The van der Waals surface area contributed by atoms with E-state index in [1.165, 1.54) is 6.07 Å². The van der Waals surface area contributed by atoms with Crippen molar-refractivity contribution in [2.24, 2.45) is 5.41 Å². The highest BCUT2D eigenvalue weighted by molar-refractivity contribution is 5.77. The van der Waals surface area contributed by atoms with Gasteiger partial charge in [0.15, 0.2) is 0 Å². The van der Waals surface area contributed by atoms with Crippen LogP contribution in [0.2, 0.25) is 0 Å². The molecule has 1 amide bonds. The Morgan fingerprint density at radius 2 is 1.96 bits per heavy atom. The first-order valence-electron chi connectivity index (χ1n) is 9.04. The third-order valence-electron chi connectivity index (χ3n) is 5.98. The van der Waals surface area contributed by atoms with Crippen molar-refractivity contribution < 1.29 is 13.9 Å². The minimum atomic E-state index is -0.160. The van der Waals surface area contributed by atoms with Crippen molar-refractivity contribution in [3.8, 4) is 0 Å². The summed E-state index contributed by atoms with van der Waals surface area (Å²) in [7, 11) is 0. The van der Waals surface area contributed by atoms with E-state index in [0.29, 0.717) is 18.2 Å². The second kappa shape index (κ2) is 6.36. The fourth-order valence-corrected chi connectivity index (χ4v) is 4.48. The van der Waals surface area contributed by atoms with Gasteiger partial charge in [-0.25, -0.2) is 4.39 Å². The van der Waals surface area contributed by atoms with Crippen LogP contribution in [0.3, 0.4) is 0 Å². The summed E-state index contributed by atoms with van der Waals surface area (Å²) in [4.78, 5) is 16.7. The van der Waals surface area contributed by atoms with Gasteiger partial charge in [0.05, 0.1) is 12.3 Å². The standard InChI is InChI=1S/C19H25FN2O2/c20-16-3-1-2-4-17(16)21-10-6-15(7-11-21)22-13-19(8-5-18(22)23)9-12-24-14-19/h1-4,15H,5-14H2. The van der Waals surface area contributed by atoms with Gasteiger partial charge in [-0.3, -0.25) is 4.79 Å². The Hall–Kier alpha value is -1.62. The number of nitrogens with zero attached hydrogens (tertiary/aromatic N) is 2. The van der Waals surface area contributed by atoms with E-state index in [0.717, 1.165) is 58.5 Å². The lowest BCUT2D eigenvalue weighted by atomic mass is 9.78. The molecule has 0 N–H and O–H groups in total. The highest BCUT2D eigenvalue weighted by Gasteiger charge is 2.43. The van der Waals surface area contributed by atoms with E-state index in [-0.39, 0.29) is 17.1 Å². The Labute approximate surface area is 142 Å². The SMILES string of the molecule is O=C1CCC2(CCOC2)CN1C1CCN(c2ccccc2F)CC1. The van der Waals surface area contributed by atoms with E-state index in [2.05, 4.69) is 9.80 Å². The maximum atomic E-state index is 14.0. The van der Waals surface area contributed by atoms with Gasteiger partial charge in [-0.1, -0.05) is 12.1 Å². The zero-order chi connectivity index (χ0) is 16.6. The first-order valence-corrected chi connectivity index (χ1v) is 9.04. The predicted octanol–water partition coefficient (Wildman–Crippen LogP) is 2.82. The quantitative estimate of drug-likeness (QED) is 0.835. The van der Waals surface area contributed by atoms with Crippen molar-refractivity contribution in [2.45, 2.75) is 38.1 Å². The summed E-state index contributed by atoms with van der Waals surface area (Å²) in [5, 5.41) is 0. The first-order chi connectivity index (χ1) is 11.7. The molecule has 3 aliphatic rings. The molecule has 0 radical (unpaired) electrons. The molecule has 1 aromatic rings. The maximum absolute atomic E-state index is 14.0. The van der Waals surface area contributed by atoms with Crippen LogP contribution in [-0.2, 0) is 9.53 Å². The molecular formula is C19H25FN2O2. The molecule has 1 unspecified atom stereocenters. The molecule has 24 heavy (non-hydrogen) atoms. The molecule has 1 spiro atoms. The zero-order valence-corrected chi connectivity index (χ0v) is 14.0. The van der Waals surface area contributed by atoms with Gasteiger partial charge in [-0.15, -0.1) is 0 Å². The number of likely N-dealkylation sites (tertiary alicyclic amines) is 1. The van der Waals surface area contributed by atoms with Gasteiger partial charge in [0.25, 0.3) is 0 Å². The molecule has 0 aliphatic carbocycles. The Morgan fingerprint density at radius 1 is 1.17 bits per heavy atom. The van der Waals surface area contributed by atoms with Crippen molar-refractivity contribution in [1.29, 1.82) is 0 Å². The van der Waals surface area contributed by atoms with Crippen LogP contribution < -0.4 is 4.90 Å². The monoisotopic (exact) mass is 332 g/mol. The van der Waals surface area contributed by atoms with Gasteiger partial charge in [0, 0.05) is 44.1 Å². The van der Waals surface area contributed by atoms with Crippen LogP contribution in [0.15, 0.2) is 24.3 Å². The fraction of sp³-hybridized carbons (Fsp3) is 0.632. The molecule has 4 nitrogen and oxygen atoms in total. The minimum absolute atomic E-state index is 0.160. The van der Waals surface area contributed by atoms with Gasteiger partial charge in [0.2, 0.25) is 5.91 Å². The van der Waals surface area contributed by atoms with Crippen LogP contribution >= 0.6 is 0 Å². The number of ether oxygens (including phenoxy) is 1. The number of rotatable bonds is 2. The molecule has 0 aromatic heterocycles. The number of hydrogen-bond donors (Lipinski definition) is 0. The van der Waals surface area contributed by atoms with Crippen molar-refractivity contribution in [1.82, 2.24) is 4.90 Å². The fourth-order valence-electron chi connectivity index (χ4n) is 4.48. The molecule has 3 saturated heterocycles. The summed E-state index contributed by atoms with van der Waals surface area (Å²) >= 11 is 0. The second-order valence-electron chi connectivity index (χ2n) is 7.49. The highest BCUT2D eigenvalue weighted by atomic mass is 19.1. The van der Waals surface area contributed by atoms with Gasteiger partial charge in [-0.2, -0.15) is 0 Å². The molecule has 3 heterocycles. The summed E-state index contributed by atoms with van der Waals surface area (Å²) in [6, 6.07) is 7.24. The Morgan fingerprint density at radius 3 is 2.67 bits per heavy atom. The zero-order valence-electron chi connectivity index (χ0n) is 14.0.